The zero-order valence-corrected chi connectivity index (χ0v) is 11.1. The Kier molecular flexibility index (Phi) is 3.55. The molecule has 102 valence electrons. The highest BCUT2D eigenvalue weighted by Gasteiger charge is 2.20. The standard InChI is InChI=1S/C14H16O5/c1-4-19-8-5-6-9-10(7-8)12(16)14(18-3)13(17-2)11(9)15/h5-7,15-16H,4H2,1-3H3. The SMILES string of the molecule is CCOc1ccc2c(O)c(OC)c(OC)c(O)c2c1. The summed E-state index contributed by atoms with van der Waals surface area (Å²) >= 11 is 0. The molecule has 2 N–H and O–H groups in total. The molecular weight excluding hydrogens is 248 g/mol. The van der Waals surface area contributed by atoms with Gasteiger partial charge in [0.05, 0.1) is 20.8 Å². The molecule has 0 unspecified atom stereocenters. The van der Waals surface area contributed by atoms with E-state index in [-0.39, 0.29) is 23.0 Å². The minimum absolute atomic E-state index is 0.0739. The summed E-state index contributed by atoms with van der Waals surface area (Å²) in [5, 5.41) is 21.3. The fraction of sp³-hybridized carbons (Fsp3) is 0.286. The second-order valence-electron chi connectivity index (χ2n) is 3.90. The monoisotopic (exact) mass is 264 g/mol. The fourth-order valence-electron chi connectivity index (χ4n) is 2.02. The fourth-order valence-corrected chi connectivity index (χ4v) is 2.02. The first kappa shape index (κ1) is 13.1. The van der Waals surface area contributed by atoms with Gasteiger partial charge in [-0.1, -0.05) is 0 Å². The molecule has 2 rings (SSSR count). The van der Waals surface area contributed by atoms with Crippen LogP contribution in [0.4, 0.5) is 0 Å². The van der Waals surface area contributed by atoms with Crippen molar-refractivity contribution < 1.29 is 24.4 Å². The molecule has 5 heteroatoms. The number of methoxy groups -OCH3 is 2. The smallest absolute Gasteiger partial charge is 0.207 e. The maximum Gasteiger partial charge on any atom is 0.207 e. The van der Waals surface area contributed by atoms with E-state index in [1.807, 2.05) is 6.92 Å². The van der Waals surface area contributed by atoms with E-state index in [0.29, 0.717) is 23.1 Å². The summed E-state index contributed by atoms with van der Waals surface area (Å²) in [4.78, 5) is 0. The third-order valence-electron chi connectivity index (χ3n) is 2.86. The number of hydrogen-bond acceptors (Lipinski definition) is 5. The number of benzene rings is 2. The van der Waals surface area contributed by atoms with Crippen LogP contribution < -0.4 is 14.2 Å². The molecule has 0 bridgehead atoms. The van der Waals surface area contributed by atoms with Crippen LogP contribution in [0.15, 0.2) is 18.2 Å². The number of phenolic OH excluding ortho intramolecular Hbond substituents is 2. The summed E-state index contributed by atoms with van der Waals surface area (Å²) in [6, 6.07) is 5.03. The van der Waals surface area contributed by atoms with Gasteiger partial charge < -0.3 is 24.4 Å². The maximum absolute atomic E-state index is 10.2. The molecule has 2 aromatic rings. The van der Waals surface area contributed by atoms with Crippen molar-refractivity contribution in [2.45, 2.75) is 6.92 Å². The first-order valence-corrected chi connectivity index (χ1v) is 5.86. The van der Waals surface area contributed by atoms with Gasteiger partial charge >= 0.3 is 0 Å². The molecule has 0 aromatic heterocycles. The quantitative estimate of drug-likeness (QED) is 0.831. The van der Waals surface area contributed by atoms with E-state index in [0.717, 1.165) is 0 Å². The van der Waals surface area contributed by atoms with Gasteiger partial charge in [-0.15, -0.1) is 0 Å². The van der Waals surface area contributed by atoms with Crippen molar-refractivity contribution in [3.8, 4) is 28.7 Å². The molecule has 0 aliphatic carbocycles. The van der Waals surface area contributed by atoms with E-state index >= 15 is 0 Å². The van der Waals surface area contributed by atoms with E-state index in [4.69, 9.17) is 14.2 Å². The van der Waals surface area contributed by atoms with Crippen LogP contribution in [-0.2, 0) is 0 Å². The predicted molar refractivity (Wildman–Crippen MR) is 71.6 cm³/mol. The second-order valence-corrected chi connectivity index (χ2v) is 3.90. The van der Waals surface area contributed by atoms with Crippen molar-refractivity contribution in [3.63, 3.8) is 0 Å². The van der Waals surface area contributed by atoms with Crippen LogP contribution in [0.1, 0.15) is 6.92 Å². The molecule has 0 heterocycles. The summed E-state index contributed by atoms with van der Waals surface area (Å²) in [5.74, 6) is 0.652. The van der Waals surface area contributed by atoms with E-state index < -0.39 is 0 Å². The van der Waals surface area contributed by atoms with Crippen LogP contribution in [0.2, 0.25) is 0 Å². The lowest BCUT2D eigenvalue weighted by atomic mass is 10.1. The average molecular weight is 264 g/mol. The highest BCUT2D eigenvalue weighted by molar-refractivity contribution is 5.98. The van der Waals surface area contributed by atoms with Gasteiger partial charge in [0.2, 0.25) is 11.5 Å². The third kappa shape index (κ3) is 2.07. The van der Waals surface area contributed by atoms with Crippen LogP contribution in [0, 0.1) is 0 Å². The zero-order chi connectivity index (χ0) is 14.0. The summed E-state index contributed by atoms with van der Waals surface area (Å²) in [7, 11) is 2.80. The Labute approximate surface area is 111 Å². The van der Waals surface area contributed by atoms with E-state index in [1.165, 1.54) is 14.2 Å². The topological polar surface area (TPSA) is 68.2 Å². The molecule has 0 saturated heterocycles. The lowest BCUT2D eigenvalue weighted by Crippen LogP contribution is -1.94. The van der Waals surface area contributed by atoms with E-state index in [1.54, 1.807) is 18.2 Å². The Bertz CT molecular complexity index is 607. The normalized spacial score (nSPS) is 10.5. The lowest BCUT2D eigenvalue weighted by Gasteiger charge is -2.15. The molecule has 19 heavy (non-hydrogen) atoms. The number of rotatable bonds is 4. The maximum atomic E-state index is 10.2. The molecule has 0 spiro atoms. The highest BCUT2D eigenvalue weighted by atomic mass is 16.5. The van der Waals surface area contributed by atoms with Gasteiger partial charge in [0.15, 0.2) is 11.5 Å². The van der Waals surface area contributed by atoms with Gasteiger partial charge in [-0.05, 0) is 25.1 Å². The molecule has 0 fully saturated rings. The highest BCUT2D eigenvalue weighted by Crippen LogP contribution is 2.50. The predicted octanol–water partition coefficient (Wildman–Crippen LogP) is 2.67. The molecule has 5 nitrogen and oxygen atoms in total. The van der Waals surface area contributed by atoms with E-state index in [2.05, 4.69) is 0 Å². The molecule has 0 aliphatic heterocycles. The van der Waals surface area contributed by atoms with Gasteiger partial charge in [-0.2, -0.15) is 0 Å². The summed E-state index contributed by atoms with van der Waals surface area (Å²) in [6.45, 7) is 2.39. The van der Waals surface area contributed by atoms with Crippen LogP contribution >= 0.6 is 0 Å². The van der Waals surface area contributed by atoms with Crippen LogP contribution in [-0.4, -0.2) is 31.0 Å². The number of ether oxygens (including phenoxy) is 3. The minimum Gasteiger partial charge on any atom is -0.504 e. The molecular formula is C14H16O5. The Morgan fingerprint density at radius 3 is 2.05 bits per heavy atom. The van der Waals surface area contributed by atoms with Crippen molar-refractivity contribution in [2.75, 3.05) is 20.8 Å². The summed E-state index contributed by atoms with van der Waals surface area (Å²) in [6.07, 6.45) is 0. The van der Waals surface area contributed by atoms with Gasteiger partial charge in [0, 0.05) is 10.8 Å². The molecule has 2 aromatic carbocycles. The molecule has 0 radical (unpaired) electrons. The molecule has 0 saturated carbocycles. The molecule has 0 atom stereocenters. The first-order valence-electron chi connectivity index (χ1n) is 5.86. The minimum atomic E-state index is -0.0892. The Morgan fingerprint density at radius 2 is 1.53 bits per heavy atom. The largest absolute Gasteiger partial charge is 0.504 e. The van der Waals surface area contributed by atoms with Crippen molar-refractivity contribution >= 4 is 10.8 Å². The third-order valence-corrected chi connectivity index (χ3v) is 2.86. The van der Waals surface area contributed by atoms with Crippen molar-refractivity contribution in [3.05, 3.63) is 18.2 Å². The van der Waals surface area contributed by atoms with Gasteiger partial charge in [-0.25, -0.2) is 0 Å². The van der Waals surface area contributed by atoms with Crippen molar-refractivity contribution in [1.29, 1.82) is 0 Å². The van der Waals surface area contributed by atoms with Gasteiger partial charge in [0.1, 0.15) is 5.75 Å². The first-order chi connectivity index (χ1) is 9.13. The Hall–Kier alpha value is -2.30. The Balaban J connectivity index is 2.78. The summed E-state index contributed by atoms with van der Waals surface area (Å²) in [5.41, 5.74) is 0. The molecule has 0 aliphatic rings. The van der Waals surface area contributed by atoms with Gasteiger partial charge in [0.25, 0.3) is 0 Å². The second kappa shape index (κ2) is 5.14. The Morgan fingerprint density at radius 1 is 0.947 bits per heavy atom. The number of phenols is 2. The number of fused-ring (bicyclic) bond motifs is 1. The molecule has 0 amide bonds. The van der Waals surface area contributed by atoms with Crippen molar-refractivity contribution in [1.82, 2.24) is 0 Å². The van der Waals surface area contributed by atoms with Crippen LogP contribution in [0.25, 0.3) is 10.8 Å². The average Bonchev–Trinajstić information content (AvgIpc) is 2.42. The number of aromatic hydroxyl groups is 2. The van der Waals surface area contributed by atoms with Gasteiger partial charge in [-0.3, -0.25) is 0 Å². The van der Waals surface area contributed by atoms with Crippen LogP contribution in [0.3, 0.4) is 0 Å². The zero-order valence-electron chi connectivity index (χ0n) is 11.1. The van der Waals surface area contributed by atoms with Crippen molar-refractivity contribution in [2.24, 2.45) is 0 Å². The summed E-state index contributed by atoms with van der Waals surface area (Å²) < 4.78 is 15.5. The lowest BCUT2D eigenvalue weighted by molar-refractivity contribution is 0.319. The van der Waals surface area contributed by atoms with Crippen LogP contribution in [0.5, 0.6) is 28.7 Å². The number of hydrogen-bond donors (Lipinski definition) is 2. The van der Waals surface area contributed by atoms with E-state index in [9.17, 15) is 10.2 Å².